The van der Waals surface area contributed by atoms with E-state index in [0.717, 1.165) is 55.8 Å². The number of halogens is 2. The summed E-state index contributed by atoms with van der Waals surface area (Å²) in [7, 11) is 0. The van der Waals surface area contributed by atoms with Crippen LogP contribution in [0.5, 0.6) is 11.5 Å². The van der Waals surface area contributed by atoms with Crippen LogP contribution in [-0.2, 0) is 12.8 Å². The smallest absolute Gasteiger partial charge is 0.258 e. The third kappa shape index (κ3) is 9.21. The molecule has 0 saturated heterocycles. The third-order valence-electron chi connectivity index (χ3n) is 11.7. The zero-order chi connectivity index (χ0) is 45.3. The molecule has 0 amide bonds. The van der Waals surface area contributed by atoms with E-state index in [0.29, 0.717) is 72.3 Å². The number of hydrogen-bond acceptors (Lipinski definition) is 16. The minimum absolute atomic E-state index is 0.00714. The maximum atomic E-state index is 11.7. The van der Waals surface area contributed by atoms with Crippen LogP contribution in [0.3, 0.4) is 0 Å². The van der Waals surface area contributed by atoms with Crippen LogP contribution in [-0.4, -0.2) is 116 Å². The second kappa shape index (κ2) is 18.8. The fourth-order valence-electron chi connectivity index (χ4n) is 8.22. The van der Waals surface area contributed by atoms with Gasteiger partial charge in [0.15, 0.2) is 0 Å². The summed E-state index contributed by atoms with van der Waals surface area (Å²) in [5, 5.41) is 53.6. The van der Waals surface area contributed by atoms with Crippen molar-refractivity contribution in [3.05, 3.63) is 93.4 Å². The highest BCUT2D eigenvalue weighted by atomic mass is 79.9. The van der Waals surface area contributed by atoms with Crippen LogP contribution in [0.25, 0.3) is 45.7 Å². The summed E-state index contributed by atoms with van der Waals surface area (Å²) >= 11 is 10.0. The fraction of sp³-hybridized carbons (Fsp3) is 0.391. The lowest BCUT2D eigenvalue weighted by molar-refractivity contribution is -0.0842. The number of ether oxygens (including phenoxy) is 2. The monoisotopic (exact) mass is 958 g/mol. The SMILES string of the molecule is CCCOc1ccc(-c2nc(-c3ccc4c(c3)CCN4CC(N)(CO)C(O)C(O)C(N)(CO)CN3CCc4cc(-c5noc(-c6ccc(OC(C)C)c(Cl)c6)n5)ccc43)no2)cc1Br. The Labute approximate surface area is 383 Å². The van der Waals surface area contributed by atoms with Gasteiger partial charge in [-0.05, 0) is 133 Å². The van der Waals surface area contributed by atoms with E-state index in [2.05, 4.69) is 36.2 Å². The van der Waals surface area contributed by atoms with Gasteiger partial charge in [-0.1, -0.05) is 28.8 Å². The molecule has 8 N–H and O–H groups in total. The number of anilines is 2. The first-order chi connectivity index (χ1) is 30.7. The first kappa shape index (κ1) is 45.5. The Bertz CT molecular complexity index is 2610. The van der Waals surface area contributed by atoms with E-state index < -0.39 is 36.5 Å². The van der Waals surface area contributed by atoms with E-state index >= 15 is 0 Å². The second-order valence-electron chi connectivity index (χ2n) is 16.9. The van der Waals surface area contributed by atoms with Crippen LogP contribution >= 0.6 is 27.5 Å². The minimum Gasteiger partial charge on any atom is -0.492 e. The molecule has 4 aromatic carbocycles. The molecule has 6 aromatic rings. The fourth-order valence-corrected chi connectivity index (χ4v) is 8.94. The van der Waals surface area contributed by atoms with E-state index in [9.17, 15) is 20.4 Å². The van der Waals surface area contributed by atoms with E-state index in [1.54, 1.807) is 12.1 Å². The van der Waals surface area contributed by atoms with E-state index in [1.165, 1.54) is 0 Å². The highest BCUT2D eigenvalue weighted by Crippen LogP contribution is 2.38. The van der Waals surface area contributed by atoms with Crippen molar-refractivity contribution in [3.63, 3.8) is 0 Å². The minimum atomic E-state index is -1.72. The number of fused-ring (bicyclic) bond motifs is 2. The van der Waals surface area contributed by atoms with Crippen molar-refractivity contribution in [1.29, 1.82) is 0 Å². The number of aliphatic hydroxyl groups is 4. The lowest BCUT2D eigenvalue weighted by Crippen LogP contribution is -2.72. The quantitative estimate of drug-likeness (QED) is 0.0612. The summed E-state index contributed by atoms with van der Waals surface area (Å²) in [6.07, 6.45) is -1.27. The summed E-state index contributed by atoms with van der Waals surface area (Å²) in [6, 6.07) is 22.4. The molecule has 0 saturated carbocycles. The lowest BCUT2D eigenvalue weighted by Gasteiger charge is -2.45. The van der Waals surface area contributed by atoms with Crippen molar-refractivity contribution in [2.24, 2.45) is 11.5 Å². The van der Waals surface area contributed by atoms with E-state index in [-0.39, 0.29) is 19.2 Å². The summed E-state index contributed by atoms with van der Waals surface area (Å²) in [5.41, 5.74) is 16.6. The zero-order valence-electron chi connectivity index (χ0n) is 35.7. The normalized spacial score (nSPS) is 16.4. The molecular weight excluding hydrogens is 908 g/mol. The molecule has 338 valence electrons. The van der Waals surface area contributed by atoms with Crippen molar-refractivity contribution in [2.75, 3.05) is 55.8 Å². The molecule has 4 unspecified atom stereocenters. The molecule has 2 aliphatic rings. The Kier molecular flexibility index (Phi) is 13.3. The van der Waals surface area contributed by atoms with Gasteiger partial charge in [0.1, 0.15) is 23.7 Å². The average molecular weight is 960 g/mol. The Morgan fingerprint density at radius 1 is 0.734 bits per heavy atom. The number of nitrogens with two attached hydrogens (primary N) is 2. The Morgan fingerprint density at radius 3 is 1.67 bits per heavy atom. The average Bonchev–Trinajstić information content (AvgIpc) is 4.13. The highest BCUT2D eigenvalue weighted by Gasteiger charge is 2.49. The topological polar surface area (TPSA) is 236 Å². The van der Waals surface area contributed by atoms with Gasteiger partial charge in [-0.15, -0.1) is 0 Å². The number of aromatic nitrogens is 4. The predicted molar refractivity (Wildman–Crippen MR) is 246 cm³/mol. The number of hydrogen-bond donors (Lipinski definition) is 6. The van der Waals surface area contributed by atoms with Crippen LogP contribution < -0.4 is 30.7 Å². The van der Waals surface area contributed by atoms with Crippen molar-refractivity contribution >= 4 is 38.9 Å². The Hall–Kier alpha value is -5.11. The number of benzene rings is 4. The maximum Gasteiger partial charge on any atom is 0.258 e. The molecule has 4 atom stereocenters. The lowest BCUT2D eigenvalue weighted by atomic mass is 9.80. The Morgan fingerprint density at radius 2 is 1.22 bits per heavy atom. The van der Waals surface area contributed by atoms with Crippen LogP contribution in [0.2, 0.25) is 5.02 Å². The van der Waals surface area contributed by atoms with Gasteiger partial charge in [0.25, 0.3) is 11.8 Å². The molecule has 8 rings (SSSR count). The van der Waals surface area contributed by atoms with Crippen molar-refractivity contribution in [1.82, 2.24) is 20.3 Å². The van der Waals surface area contributed by atoms with Crippen molar-refractivity contribution in [2.45, 2.75) is 69.4 Å². The molecule has 0 spiro atoms. The standard InChI is InChI=1S/C46H52BrClN8O8/c1-4-17-61-37-11-7-31(20-33(37)47)43-51-41(53-63-43)29-5-9-35-27(18-29)13-15-55(35)22-45(49,24-57)39(59)40(60)46(50,25-58)23-56-16-14-28-19-30(6-10-36(28)56)42-52-44(64-54-42)32-8-12-38(34(48)21-32)62-26(2)3/h5-12,18-21,26,39-40,57-60H,4,13-17,22-25,49-50H2,1-3H3. The molecule has 4 heterocycles. The highest BCUT2D eigenvalue weighted by molar-refractivity contribution is 9.10. The number of nitrogens with zero attached hydrogens (tertiary/aromatic N) is 6. The largest absolute Gasteiger partial charge is 0.492 e. The Balaban J connectivity index is 0.919. The molecule has 2 aliphatic heterocycles. The van der Waals surface area contributed by atoms with Crippen LogP contribution in [0, 0.1) is 0 Å². The van der Waals surface area contributed by atoms with Crippen LogP contribution in [0.15, 0.2) is 86.3 Å². The first-order valence-corrected chi connectivity index (χ1v) is 22.4. The maximum absolute atomic E-state index is 11.7. The molecule has 64 heavy (non-hydrogen) atoms. The van der Waals surface area contributed by atoms with E-state index in [4.69, 9.17) is 41.6 Å². The third-order valence-corrected chi connectivity index (χ3v) is 12.6. The number of rotatable bonds is 18. The molecule has 18 heteroatoms. The van der Waals surface area contributed by atoms with Crippen molar-refractivity contribution in [3.8, 4) is 57.2 Å². The molecule has 0 bridgehead atoms. The molecule has 2 aromatic heterocycles. The van der Waals surface area contributed by atoms with Gasteiger partial charge < -0.3 is 60.2 Å². The molecule has 0 aliphatic carbocycles. The molecular formula is C46H52BrClN8O8. The second-order valence-corrected chi connectivity index (χ2v) is 18.1. The summed E-state index contributed by atoms with van der Waals surface area (Å²) in [6.45, 7) is 6.23. The van der Waals surface area contributed by atoms with Gasteiger partial charge >= 0.3 is 0 Å². The summed E-state index contributed by atoms with van der Waals surface area (Å²) < 4.78 is 23.5. The van der Waals surface area contributed by atoms with Gasteiger partial charge in [0.05, 0.1) is 46.5 Å². The predicted octanol–water partition coefficient (Wildman–Crippen LogP) is 5.64. The summed E-state index contributed by atoms with van der Waals surface area (Å²) in [4.78, 5) is 13.2. The van der Waals surface area contributed by atoms with Gasteiger partial charge in [-0.25, -0.2) is 0 Å². The summed E-state index contributed by atoms with van der Waals surface area (Å²) in [5.74, 6) is 2.79. The molecule has 16 nitrogen and oxygen atoms in total. The molecule has 0 radical (unpaired) electrons. The van der Waals surface area contributed by atoms with Gasteiger partial charge in [0, 0.05) is 59.8 Å². The van der Waals surface area contributed by atoms with Gasteiger partial charge in [-0.2, -0.15) is 9.97 Å². The van der Waals surface area contributed by atoms with E-state index in [1.807, 2.05) is 91.2 Å². The van der Waals surface area contributed by atoms with Crippen LogP contribution in [0.1, 0.15) is 38.3 Å². The first-order valence-electron chi connectivity index (χ1n) is 21.2. The van der Waals surface area contributed by atoms with Crippen molar-refractivity contribution < 1.29 is 38.9 Å². The van der Waals surface area contributed by atoms with Crippen LogP contribution in [0.4, 0.5) is 11.4 Å². The van der Waals surface area contributed by atoms with Gasteiger partial charge in [0.2, 0.25) is 11.6 Å². The molecule has 0 fully saturated rings. The number of aliphatic hydroxyl groups excluding tert-OH is 4. The zero-order valence-corrected chi connectivity index (χ0v) is 38.1. The van der Waals surface area contributed by atoms with Gasteiger partial charge in [-0.3, -0.25) is 0 Å².